The van der Waals surface area contributed by atoms with Gasteiger partial charge in [0.25, 0.3) is 0 Å². The summed E-state index contributed by atoms with van der Waals surface area (Å²) in [5, 5.41) is 10.5. The van der Waals surface area contributed by atoms with Crippen molar-refractivity contribution in [3.8, 4) is 0 Å². The van der Waals surface area contributed by atoms with Crippen molar-refractivity contribution in [2.45, 2.75) is 45.7 Å². The largest absolute Gasteiger partial charge is 0.349 e. The number of rotatable bonds is 7. The summed E-state index contributed by atoms with van der Waals surface area (Å²) < 4.78 is 1.79. The van der Waals surface area contributed by atoms with Crippen LogP contribution in [0.2, 0.25) is 0 Å². The first kappa shape index (κ1) is 14.6. The van der Waals surface area contributed by atoms with Gasteiger partial charge in [0.2, 0.25) is 5.91 Å². The highest BCUT2D eigenvalue weighted by molar-refractivity contribution is 5.78. The van der Waals surface area contributed by atoms with Crippen LogP contribution in [0.1, 0.15) is 38.9 Å². The summed E-state index contributed by atoms with van der Waals surface area (Å²) in [5.74, 6) is 0.825. The number of nitrogens with zero attached hydrogens (tertiary/aromatic N) is 3. The topological polar surface area (TPSA) is 85.8 Å². The van der Waals surface area contributed by atoms with Crippen molar-refractivity contribution in [3.05, 3.63) is 12.2 Å². The van der Waals surface area contributed by atoms with Crippen LogP contribution >= 0.6 is 0 Å². The Kier molecular flexibility index (Phi) is 5.77. The lowest BCUT2D eigenvalue weighted by molar-refractivity contribution is -0.124. The van der Waals surface area contributed by atoms with Crippen LogP contribution in [0, 0.1) is 5.92 Å². The van der Waals surface area contributed by atoms with E-state index in [0.29, 0.717) is 6.54 Å². The molecule has 0 aromatic carbocycles. The number of carbonyl (C=O) groups is 1. The van der Waals surface area contributed by atoms with Crippen LogP contribution in [0.25, 0.3) is 0 Å². The molecule has 18 heavy (non-hydrogen) atoms. The molecule has 0 saturated carbocycles. The molecule has 0 saturated heterocycles. The summed E-state index contributed by atoms with van der Waals surface area (Å²) in [6, 6.07) is 0.207. The van der Waals surface area contributed by atoms with Crippen LogP contribution in [0.5, 0.6) is 0 Å². The average Bonchev–Trinajstić information content (AvgIpc) is 2.71. The van der Waals surface area contributed by atoms with E-state index >= 15 is 0 Å². The van der Waals surface area contributed by atoms with Gasteiger partial charge in [-0.25, -0.2) is 0 Å². The first-order chi connectivity index (χ1) is 8.50. The van der Waals surface area contributed by atoms with Crippen LogP contribution in [0.15, 0.2) is 6.33 Å². The molecular weight excluding hydrogens is 230 g/mol. The van der Waals surface area contributed by atoms with Gasteiger partial charge >= 0.3 is 0 Å². The second-order valence-corrected chi connectivity index (χ2v) is 4.89. The third-order valence-corrected chi connectivity index (χ3v) is 2.97. The van der Waals surface area contributed by atoms with Crippen molar-refractivity contribution in [3.63, 3.8) is 0 Å². The third-order valence-electron chi connectivity index (χ3n) is 2.97. The predicted octanol–water partition coefficient (Wildman–Crippen LogP) is 0.585. The van der Waals surface area contributed by atoms with Gasteiger partial charge in [0.15, 0.2) is 5.82 Å². The van der Waals surface area contributed by atoms with Crippen LogP contribution in [-0.4, -0.2) is 26.7 Å². The van der Waals surface area contributed by atoms with Gasteiger partial charge in [-0.3, -0.25) is 4.79 Å². The van der Waals surface area contributed by atoms with Gasteiger partial charge in [-0.2, -0.15) is 0 Å². The Morgan fingerprint density at radius 1 is 1.50 bits per heavy atom. The van der Waals surface area contributed by atoms with Gasteiger partial charge in [-0.1, -0.05) is 13.3 Å². The van der Waals surface area contributed by atoms with Crippen LogP contribution < -0.4 is 11.1 Å². The summed E-state index contributed by atoms with van der Waals surface area (Å²) in [6.45, 7) is 4.35. The molecule has 2 atom stereocenters. The third kappa shape index (κ3) is 4.83. The number of hydrogen-bond acceptors (Lipinski definition) is 4. The second kappa shape index (κ2) is 7.10. The number of nitrogens with two attached hydrogens (primary N) is 1. The number of amides is 1. The van der Waals surface area contributed by atoms with E-state index in [9.17, 15) is 4.79 Å². The highest BCUT2D eigenvalue weighted by Gasteiger charge is 2.13. The van der Waals surface area contributed by atoms with E-state index in [1.165, 1.54) is 0 Å². The van der Waals surface area contributed by atoms with E-state index < -0.39 is 0 Å². The lowest BCUT2D eigenvalue weighted by Crippen LogP contribution is -2.30. The standard InChI is InChI=1S/C12H23N5O/c1-9(5-4-6-10(2)13)12(18)14-7-11-16-15-8-17(11)3/h8-10H,4-7,13H2,1-3H3,(H,14,18). The average molecular weight is 253 g/mol. The SMILES string of the molecule is CC(N)CCCC(C)C(=O)NCc1nncn1C. The number of carbonyl (C=O) groups excluding carboxylic acids is 1. The summed E-state index contributed by atoms with van der Waals surface area (Å²) in [7, 11) is 1.85. The molecule has 2 unspecified atom stereocenters. The molecule has 0 fully saturated rings. The molecule has 0 spiro atoms. The lowest BCUT2D eigenvalue weighted by Gasteiger charge is -2.12. The predicted molar refractivity (Wildman–Crippen MR) is 69.5 cm³/mol. The highest BCUT2D eigenvalue weighted by Crippen LogP contribution is 2.09. The second-order valence-electron chi connectivity index (χ2n) is 4.89. The molecule has 1 amide bonds. The molecule has 1 rings (SSSR count). The molecule has 3 N–H and O–H groups in total. The van der Waals surface area contributed by atoms with Gasteiger partial charge in [-0.15, -0.1) is 10.2 Å². The number of hydrogen-bond donors (Lipinski definition) is 2. The smallest absolute Gasteiger partial charge is 0.223 e. The molecule has 1 aromatic heterocycles. The Bertz CT molecular complexity index is 374. The van der Waals surface area contributed by atoms with Crippen molar-refractivity contribution in [1.29, 1.82) is 0 Å². The van der Waals surface area contributed by atoms with Gasteiger partial charge in [0, 0.05) is 19.0 Å². The number of nitrogens with one attached hydrogen (secondary N) is 1. The zero-order chi connectivity index (χ0) is 13.5. The van der Waals surface area contributed by atoms with Gasteiger partial charge in [-0.05, 0) is 19.8 Å². The van der Waals surface area contributed by atoms with Crippen molar-refractivity contribution < 1.29 is 4.79 Å². The molecule has 6 heteroatoms. The van der Waals surface area contributed by atoms with Crippen LogP contribution in [-0.2, 0) is 18.4 Å². The monoisotopic (exact) mass is 253 g/mol. The van der Waals surface area contributed by atoms with Crippen molar-refractivity contribution in [2.75, 3.05) is 0 Å². The molecule has 0 aliphatic heterocycles. The quantitative estimate of drug-likeness (QED) is 0.744. The lowest BCUT2D eigenvalue weighted by atomic mass is 10.0. The van der Waals surface area contributed by atoms with Gasteiger partial charge in [0.1, 0.15) is 6.33 Å². The normalized spacial score (nSPS) is 14.2. The molecule has 6 nitrogen and oxygen atoms in total. The molecular formula is C12H23N5O. The van der Waals surface area contributed by atoms with Crippen LogP contribution in [0.3, 0.4) is 0 Å². The number of aromatic nitrogens is 3. The summed E-state index contributed by atoms with van der Waals surface area (Å²) >= 11 is 0. The Balaban J connectivity index is 2.25. The minimum Gasteiger partial charge on any atom is -0.349 e. The molecule has 1 aromatic rings. The number of aryl methyl sites for hydroxylation is 1. The Morgan fingerprint density at radius 3 is 2.78 bits per heavy atom. The zero-order valence-electron chi connectivity index (χ0n) is 11.4. The molecule has 0 aliphatic rings. The van der Waals surface area contributed by atoms with E-state index in [4.69, 9.17) is 5.73 Å². The minimum absolute atomic E-state index is 0.0111. The molecule has 0 aliphatic carbocycles. The van der Waals surface area contributed by atoms with Gasteiger partial charge in [0.05, 0.1) is 6.54 Å². The maximum Gasteiger partial charge on any atom is 0.223 e. The van der Waals surface area contributed by atoms with Crippen molar-refractivity contribution in [1.82, 2.24) is 20.1 Å². The summed E-state index contributed by atoms with van der Waals surface area (Å²) in [6.07, 6.45) is 4.43. The maximum atomic E-state index is 11.8. The van der Waals surface area contributed by atoms with Gasteiger partial charge < -0.3 is 15.6 Å². The Morgan fingerprint density at radius 2 is 2.22 bits per heavy atom. The van der Waals surface area contributed by atoms with E-state index in [1.807, 2.05) is 20.9 Å². The highest BCUT2D eigenvalue weighted by atomic mass is 16.1. The molecule has 102 valence electrons. The van der Waals surface area contributed by atoms with E-state index in [-0.39, 0.29) is 17.9 Å². The summed E-state index contributed by atoms with van der Waals surface area (Å²) in [5.41, 5.74) is 5.68. The summed E-state index contributed by atoms with van der Waals surface area (Å²) in [4.78, 5) is 11.8. The molecule has 1 heterocycles. The zero-order valence-corrected chi connectivity index (χ0v) is 11.4. The maximum absolute atomic E-state index is 11.8. The fourth-order valence-corrected chi connectivity index (χ4v) is 1.68. The molecule has 0 radical (unpaired) electrons. The first-order valence-electron chi connectivity index (χ1n) is 6.37. The minimum atomic E-state index is 0.0111. The Labute approximate surface area is 108 Å². The first-order valence-corrected chi connectivity index (χ1v) is 6.37. The Hall–Kier alpha value is -1.43. The van der Waals surface area contributed by atoms with E-state index in [2.05, 4.69) is 15.5 Å². The van der Waals surface area contributed by atoms with Crippen LogP contribution in [0.4, 0.5) is 0 Å². The van der Waals surface area contributed by atoms with Crippen molar-refractivity contribution >= 4 is 5.91 Å². The fourth-order valence-electron chi connectivity index (χ4n) is 1.68. The van der Waals surface area contributed by atoms with Crippen molar-refractivity contribution in [2.24, 2.45) is 18.7 Å². The molecule has 0 bridgehead atoms. The van der Waals surface area contributed by atoms with E-state index in [0.717, 1.165) is 25.1 Å². The van der Waals surface area contributed by atoms with E-state index in [1.54, 1.807) is 10.9 Å². The fraction of sp³-hybridized carbons (Fsp3) is 0.750.